The van der Waals surface area contributed by atoms with Crippen molar-refractivity contribution in [3.63, 3.8) is 0 Å². The first-order valence-corrected chi connectivity index (χ1v) is 14.5. The summed E-state index contributed by atoms with van der Waals surface area (Å²) in [6.45, 7) is 17.6. The van der Waals surface area contributed by atoms with Gasteiger partial charge in [0.05, 0.1) is 17.6 Å². The smallest absolute Gasteiger partial charge is 0.0808 e. The van der Waals surface area contributed by atoms with E-state index >= 15 is 0 Å². The van der Waals surface area contributed by atoms with Crippen LogP contribution in [-0.2, 0) is 0 Å². The molecule has 0 saturated carbocycles. The highest BCUT2D eigenvalue weighted by atomic mass is 28.3. The van der Waals surface area contributed by atoms with Gasteiger partial charge in [-0.1, -0.05) is 50.4 Å². The van der Waals surface area contributed by atoms with Gasteiger partial charge in [0, 0.05) is 13.3 Å². The molecule has 0 aromatic carbocycles. The molecule has 0 atom stereocenters. The van der Waals surface area contributed by atoms with E-state index in [0.29, 0.717) is 9.52 Å². The monoisotopic (exact) mass is 286 g/mol. The Bertz CT molecular complexity index is 242. The topological polar surface area (TPSA) is 20.2 Å². The Morgan fingerprint density at radius 2 is 1.65 bits per heavy atom. The average molecular weight is 287 g/mol. The van der Waals surface area contributed by atoms with Crippen LogP contribution in [0.3, 0.4) is 0 Å². The molecule has 0 saturated heterocycles. The minimum atomic E-state index is -1.11. The van der Waals surface area contributed by atoms with E-state index in [1.54, 1.807) is 0 Å². The summed E-state index contributed by atoms with van der Waals surface area (Å²) in [5.74, 6) is 0. The van der Waals surface area contributed by atoms with Crippen molar-refractivity contribution >= 4 is 25.7 Å². The molecule has 0 unspecified atom stereocenters. The molecule has 1 nitrogen and oxygen atoms in total. The van der Waals surface area contributed by atoms with Gasteiger partial charge in [-0.15, -0.1) is 12.3 Å². The lowest BCUT2D eigenvalue weighted by atomic mass is 10.5. The zero-order chi connectivity index (χ0) is 13.7. The van der Waals surface area contributed by atoms with Gasteiger partial charge in [0.2, 0.25) is 0 Å². The van der Waals surface area contributed by atoms with Crippen molar-refractivity contribution in [2.75, 3.05) is 0 Å². The normalized spacial score (nSPS) is 13.8. The first-order valence-electron chi connectivity index (χ1n) is 6.58. The maximum absolute atomic E-state index is 9.73. The highest BCUT2D eigenvalue weighted by Crippen LogP contribution is 2.25. The van der Waals surface area contributed by atoms with Crippen LogP contribution in [-0.4, -0.2) is 36.0 Å². The Balaban J connectivity index is 4.00. The van der Waals surface area contributed by atoms with Crippen LogP contribution in [0.2, 0.25) is 50.4 Å². The van der Waals surface area contributed by atoms with Crippen molar-refractivity contribution in [3.05, 3.63) is 12.3 Å². The van der Waals surface area contributed by atoms with E-state index in [2.05, 4.69) is 38.5 Å². The van der Waals surface area contributed by atoms with E-state index < -0.39 is 21.4 Å². The van der Waals surface area contributed by atoms with Gasteiger partial charge in [-0.05, 0) is 13.8 Å². The molecular weight excluding hydrogens is 256 g/mol. The molecule has 0 aromatic heterocycles. The van der Waals surface area contributed by atoms with E-state index in [-0.39, 0.29) is 0 Å². The molecule has 4 heteroatoms. The van der Waals surface area contributed by atoms with E-state index in [4.69, 9.17) is 0 Å². The Hall–Kier alpha value is 0.351. The summed E-state index contributed by atoms with van der Waals surface area (Å²) in [6.07, 6.45) is 0. The molecule has 1 N–H and O–H groups in total. The molecule has 0 amide bonds. The van der Waals surface area contributed by atoms with Crippen molar-refractivity contribution < 1.29 is 5.11 Å². The van der Waals surface area contributed by atoms with Crippen LogP contribution >= 0.6 is 0 Å². The van der Waals surface area contributed by atoms with E-state index in [1.807, 2.05) is 13.8 Å². The number of rotatable bonds is 8. The lowest BCUT2D eigenvalue weighted by molar-refractivity contribution is 0.165. The molecule has 2 radical (unpaired) electrons. The quantitative estimate of drug-likeness (QED) is 0.669. The third kappa shape index (κ3) is 10.00. The summed E-state index contributed by atoms with van der Waals surface area (Å²) in [5.41, 5.74) is 2.22. The first kappa shape index (κ1) is 17.4. The average Bonchev–Trinajstić information content (AvgIpc) is 2.13. The van der Waals surface area contributed by atoms with Crippen molar-refractivity contribution in [3.8, 4) is 0 Å². The zero-order valence-corrected chi connectivity index (χ0v) is 15.6. The van der Waals surface area contributed by atoms with E-state index in [0.717, 1.165) is 0 Å². The Labute approximate surface area is 113 Å². The van der Waals surface area contributed by atoms with Crippen molar-refractivity contribution in [2.45, 2.75) is 69.4 Å². The fourth-order valence-electron chi connectivity index (χ4n) is 1.59. The summed E-state index contributed by atoms with van der Waals surface area (Å²) in [5, 5.41) is 9.27. The second kappa shape index (κ2) is 6.50. The molecule has 100 valence electrons. The van der Waals surface area contributed by atoms with Crippen molar-refractivity contribution in [2.24, 2.45) is 0 Å². The van der Waals surface area contributed by atoms with E-state index in [9.17, 15) is 5.11 Å². The fourth-order valence-corrected chi connectivity index (χ4v) is 11.2. The summed E-state index contributed by atoms with van der Waals surface area (Å²) < 4.78 is 0. The predicted molar refractivity (Wildman–Crippen MR) is 86.4 cm³/mol. The summed E-state index contributed by atoms with van der Waals surface area (Å²) in [7, 11) is -1.47. The summed E-state index contributed by atoms with van der Waals surface area (Å²) in [6, 6.07) is 5.38. The highest BCUT2D eigenvalue weighted by Gasteiger charge is 2.26. The Morgan fingerprint density at radius 3 is 2.06 bits per heavy atom. The van der Waals surface area contributed by atoms with Gasteiger partial charge in [0.25, 0.3) is 0 Å². The maximum Gasteiger partial charge on any atom is 0.0808 e. The molecule has 0 heterocycles. The number of aliphatic hydroxyl groups is 1. The van der Waals surface area contributed by atoms with Gasteiger partial charge in [-0.3, -0.25) is 0 Å². The molecular formula is C13H30OSi3. The van der Waals surface area contributed by atoms with Crippen molar-refractivity contribution in [1.29, 1.82) is 0 Å². The lowest BCUT2D eigenvalue weighted by Gasteiger charge is -2.27. The van der Waals surface area contributed by atoms with Gasteiger partial charge in [0.1, 0.15) is 0 Å². The zero-order valence-electron chi connectivity index (χ0n) is 12.6. The maximum atomic E-state index is 9.73. The second-order valence-electron chi connectivity index (χ2n) is 7.09. The standard InChI is InChI=1S/C13H30OSi3/c1-8-16(4,5)11-12-17(6,7)10-9-15-13(2,3)14/h8,14H,1,9-12H2,2-7H3. The van der Waals surface area contributed by atoms with Crippen LogP contribution in [0.15, 0.2) is 12.3 Å². The van der Waals surface area contributed by atoms with Crippen LogP contribution in [0.1, 0.15) is 13.8 Å². The van der Waals surface area contributed by atoms with Crippen LogP contribution in [0.5, 0.6) is 0 Å². The minimum Gasteiger partial charge on any atom is -0.395 e. The molecule has 0 spiro atoms. The summed E-state index contributed by atoms with van der Waals surface area (Å²) in [4.78, 5) is 0. The molecule has 0 bridgehead atoms. The molecule has 0 aliphatic rings. The molecule has 17 heavy (non-hydrogen) atoms. The van der Waals surface area contributed by atoms with Crippen LogP contribution in [0, 0.1) is 0 Å². The van der Waals surface area contributed by atoms with Gasteiger partial charge in [0.15, 0.2) is 0 Å². The van der Waals surface area contributed by atoms with Crippen LogP contribution < -0.4 is 0 Å². The fraction of sp³-hybridized carbons (Fsp3) is 0.846. The van der Waals surface area contributed by atoms with Gasteiger partial charge in [-0.25, -0.2) is 0 Å². The number of hydrogen-bond donors (Lipinski definition) is 1. The SMILES string of the molecule is C=C[Si](C)(C)CC[Si](C)(C)CC[Si]C(C)(C)O. The number of hydrogen-bond acceptors (Lipinski definition) is 1. The lowest BCUT2D eigenvalue weighted by Crippen LogP contribution is -2.33. The van der Waals surface area contributed by atoms with E-state index in [1.165, 1.54) is 24.2 Å². The largest absolute Gasteiger partial charge is 0.395 e. The van der Waals surface area contributed by atoms with Gasteiger partial charge >= 0.3 is 0 Å². The van der Waals surface area contributed by atoms with Crippen LogP contribution in [0.25, 0.3) is 0 Å². The molecule has 0 fully saturated rings. The predicted octanol–water partition coefficient (Wildman–Crippen LogP) is 3.98. The highest BCUT2D eigenvalue weighted by molar-refractivity contribution is 6.85. The molecule has 0 aliphatic carbocycles. The summed E-state index contributed by atoms with van der Waals surface area (Å²) >= 11 is 0. The minimum absolute atomic E-state index is 0.459. The molecule has 0 aliphatic heterocycles. The Morgan fingerprint density at radius 1 is 1.12 bits per heavy atom. The third-order valence-electron chi connectivity index (χ3n) is 3.36. The second-order valence-corrected chi connectivity index (χ2v) is 19.4. The van der Waals surface area contributed by atoms with Gasteiger partial charge in [-0.2, -0.15) is 0 Å². The van der Waals surface area contributed by atoms with Crippen molar-refractivity contribution in [1.82, 2.24) is 0 Å². The third-order valence-corrected chi connectivity index (χ3v) is 11.6. The first-order chi connectivity index (χ1) is 7.47. The van der Waals surface area contributed by atoms with Crippen LogP contribution in [0.4, 0.5) is 0 Å². The van der Waals surface area contributed by atoms with Gasteiger partial charge < -0.3 is 5.11 Å². The Kier molecular flexibility index (Phi) is 6.63. The molecule has 0 rings (SSSR count). The molecule has 0 aromatic rings.